The fourth-order valence-corrected chi connectivity index (χ4v) is 2.72. The van der Waals surface area contributed by atoms with E-state index >= 15 is 0 Å². The minimum atomic E-state index is -0.609. The molecule has 4 heteroatoms. The number of thiophene rings is 1. The topological polar surface area (TPSA) is 38.1 Å². The molecule has 1 N–H and O–H groups in total. The van der Waals surface area contributed by atoms with Crippen LogP contribution in [0.15, 0.2) is 54.2 Å². The van der Waals surface area contributed by atoms with Gasteiger partial charge in [0.2, 0.25) is 0 Å². The Morgan fingerprint density at radius 1 is 1.21 bits per heavy atom. The summed E-state index contributed by atoms with van der Waals surface area (Å²) in [4.78, 5) is 1.20. The molecule has 0 radical (unpaired) electrons. The van der Waals surface area contributed by atoms with Crippen molar-refractivity contribution in [3.63, 3.8) is 0 Å². The lowest BCUT2D eigenvalue weighted by atomic mass is 10.1. The van der Waals surface area contributed by atoms with Crippen LogP contribution in [0.3, 0.4) is 0 Å². The normalized spacial score (nSPS) is 12.5. The summed E-state index contributed by atoms with van der Waals surface area (Å²) in [6.07, 6.45) is 2.97. The van der Waals surface area contributed by atoms with E-state index in [1.165, 1.54) is 4.88 Å². The summed E-state index contributed by atoms with van der Waals surface area (Å²) in [5.74, 6) is 0. The van der Waals surface area contributed by atoms with Gasteiger partial charge in [-0.15, -0.1) is 11.3 Å². The SMILES string of the molecule is Cc1cc(C(O)c2cnn(-c3ccccc3)c2)cs1. The molecule has 0 saturated heterocycles. The van der Waals surface area contributed by atoms with Crippen LogP contribution >= 0.6 is 11.3 Å². The summed E-state index contributed by atoms with van der Waals surface area (Å²) >= 11 is 1.64. The van der Waals surface area contributed by atoms with Crippen molar-refractivity contribution < 1.29 is 5.11 Å². The number of aryl methyl sites for hydroxylation is 1. The van der Waals surface area contributed by atoms with E-state index in [1.54, 1.807) is 22.2 Å². The highest BCUT2D eigenvalue weighted by Crippen LogP contribution is 2.26. The molecule has 3 rings (SSSR count). The lowest BCUT2D eigenvalue weighted by molar-refractivity contribution is 0.221. The average molecular weight is 270 g/mol. The minimum absolute atomic E-state index is 0.609. The van der Waals surface area contributed by atoms with Gasteiger partial charge >= 0.3 is 0 Å². The maximum atomic E-state index is 10.3. The van der Waals surface area contributed by atoms with Crippen molar-refractivity contribution in [3.8, 4) is 5.69 Å². The van der Waals surface area contributed by atoms with E-state index in [0.29, 0.717) is 0 Å². The van der Waals surface area contributed by atoms with Gasteiger partial charge in [0.05, 0.1) is 11.9 Å². The third-order valence-corrected chi connectivity index (χ3v) is 3.89. The maximum absolute atomic E-state index is 10.3. The van der Waals surface area contributed by atoms with Gasteiger partial charge in [0.15, 0.2) is 0 Å². The lowest BCUT2D eigenvalue weighted by Gasteiger charge is -2.05. The van der Waals surface area contributed by atoms with Crippen LogP contribution in [0.5, 0.6) is 0 Å². The molecule has 1 unspecified atom stereocenters. The van der Waals surface area contributed by atoms with E-state index in [-0.39, 0.29) is 0 Å². The zero-order valence-corrected chi connectivity index (χ0v) is 11.3. The quantitative estimate of drug-likeness (QED) is 0.792. The zero-order chi connectivity index (χ0) is 13.2. The van der Waals surface area contributed by atoms with Crippen molar-refractivity contribution in [2.24, 2.45) is 0 Å². The maximum Gasteiger partial charge on any atom is 0.108 e. The number of rotatable bonds is 3. The molecular formula is C15H14N2OS. The molecular weight excluding hydrogens is 256 g/mol. The van der Waals surface area contributed by atoms with Crippen LogP contribution in [0.1, 0.15) is 22.1 Å². The van der Waals surface area contributed by atoms with Gasteiger partial charge in [0.25, 0.3) is 0 Å². The van der Waals surface area contributed by atoms with Crippen molar-refractivity contribution in [2.75, 3.05) is 0 Å². The first kappa shape index (κ1) is 12.1. The Hall–Kier alpha value is -1.91. The molecule has 19 heavy (non-hydrogen) atoms. The van der Waals surface area contributed by atoms with Crippen molar-refractivity contribution in [3.05, 3.63) is 70.2 Å². The molecule has 3 nitrogen and oxygen atoms in total. The number of aromatic nitrogens is 2. The highest BCUT2D eigenvalue weighted by atomic mass is 32.1. The van der Waals surface area contributed by atoms with Gasteiger partial charge in [-0.2, -0.15) is 5.10 Å². The third kappa shape index (κ3) is 2.45. The summed E-state index contributed by atoms with van der Waals surface area (Å²) in [7, 11) is 0. The molecule has 2 heterocycles. The summed E-state index contributed by atoms with van der Waals surface area (Å²) in [6.45, 7) is 2.04. The highest BCUT2D eigenvalue weighted by Gasteiger charge is 2.14. The van der Waals surface area contributed by atoms with Crippen LogP contribution in [0.2, 0.25) is 0 Å². The van der Waals surface area contributed by atoms with E-state index < -0.39 is 6.10 Å². The largest absolute Gasteiger partial charge is 0.384 e. The van der Waals surface area contributed by atoms with E-state index in [4.69, 9.17) is 0 Å². The van der Waals surface area contributed by atoms with Gasteiger partial charge in [-0.3, -0.25) is 0 Å². The Labute approximate surface area is 115 Å². The second-order valence-electron chi connectivity index (χ2n) is 4.45. The minimum Gasteiger partial charge on any atom is -0.384 e. The van der Waals surface area contributed by atoms with Gasteiger partial charge < -0.3 is 5.11 Å². The van der Waals surface area contributed by atoms with Gasteiger partial charge in [0.1, 0.15) is 6.10 Å². The Bertz CT molecular complexity index is 672. The van der Waals surface area contributed by atoms with Crippen LogP contribution in [0.4, 0.5) is 0 Å². The molecule has 0 spiro atoms. The number of nitrogens with zero attached hydrogens (tertiary/aromatic N) is 2. The Morgan fingerprint density at radius 3 is 2.68 bits per heavy atom. The molecule has 0 bridgehead atoms. The smallest absolute Gasteiger partial charge is 0.108 e. The van der Waals surface area contributed by atoms with Gasteiger partial charge in [-0.1, -0.05) is 18.2 Å². The Balaban J connectivity index is 1.89. The van der Waals surface area contributed by atoms with E-state index in [0.717, 1.165) is 16.8 Å². The molecule has 0 aliphatic carbocycles. The standard InChI is InChI=1S/C15H14N2OS/c1-11-7-12(10-19-11)15(18)13-8-16-17(9-13)14-5-3-2-4-6-14/h2-10,15,18H,1H3. The second kappa shape index (κ2) is 4.99. The molecule has 1 atom stereocenters. The van der Waals surface area contributed by atoms with E-state index in [1.807, 2.05) is 54.9 Å². The van der Waals surface area contributed by atoms with Crippen molar-refractivity contribution in [1.82, 2.24) is 9.78 Å². The molecule has 0 aliphatic heterocycles. The van der Waals surface area contributed by atoms with Crippen molar-refractivity contribution in [2.45, 2.75) is 13.0 Å². The first-order chi connectivity index (χ1) is 9.24. The number of aliphatic hydroxyl groups excluding tert-OH is 1. The first-order valence-electron chi connectivity index (χ1n) is 6.07. The molecule has 2 aromatic heterocycles. The summed E-state index contributed by atoms with van der Waals surface area (Å²) in [5, 5.41) is 16.6. The second-order valence-corrected chi connectivity index (χ2v) is 5.56. The van der Waals surface area contributed by atoms with Crippen molar-refractivity contribution >= 4 is 11.3 Å². The predicted octanol–water partition coefficient (Wildman–Crippen LogP) is 3.32. The molecule has 0 amide bonds. The number of aliphatic hydroxyl groups is 1. The molecule has 96 valence electrons. The third-order valence-electron chi connectivity index (χ3n) is 3.01. The lowest BCUT2D eigenvalue weighted by Crippen LogP contribution is -1.97. The fourth-order valence-electron chi connectivity index (χ4n) is 2.00. The van der Waals surface area contributed by atoms with Gasteiger partial charge in [-0.05, 0) is 36.1 Å². The van der Waals surface area contributed by atoms with E-state index in [2.05, 4.69) is 5.10 Å². The average Bonchev–Trinajstić information content (AvgIpc) is 3.08. The van der Waals surface area contributed by atoms with Gasteiger partial charge in [-0.25, -0.2) is 4.68 Å². The fraction of sp³-hybridized carbons (Fsp3) is 0.133. The molecule has 3 aromatic rings. The Morgan fingerprint density at radius 2 is 2.00 bits per heavy atom. The number of hydrogen-bond donors (Lipinski definition) is 1. The van der Waals surface area contributed by atoms with Crippen LogP contribution in [0.25, 0.3) is 5.69 Å². The number of benzene rings is 1. The molecule has 0 saturated carbocycles. The Kier molecular flexibility index (Phi) is 3.19. The van der Waals surface area contributed by atoms with Crippen LogP contribution in [0, 0.1) is 6.92 Å². The molecule has 0 aliphatic rings. The monoisotopic (exact) mass is 270 g/mol. The van der Waals surface area contributed by atoms with Crippen LogP contribution < -0.4 is 0 Å². The zero-order valence-electron chi connectivity index (χ0n) is 10.5. The summed E-state index contributed by atoms with van der Waals surface area (Å²) < 4.78 is 1.78. The van der Waals surface area contributed by atoms with Crippen LogP contribution in [-0.2, 0) is 0 Å². The molecule has 0 fully saturated rings. The predicted molar refractivity (Wildman–Crippen MR) is 76.7 cm³/mol. The number of hydrogen-bond acceptors (Lipinski definition) is 3. The summed E-state index contributed by atoms with van der Waals surface area (Å²) in [6, 6.07) is 11.9. The van der Waals surface area contributed by atoms with Crippen LogP contribution in [-0.4, -0.2) is 14.9 Å². The highest BCUT2D eigenvalue weighted by molar-refractivity contribution is 7.10. The van der Waals surface area contributed by atoms with Crippen molar-refractivity contribution in [1.29, 1.82) is 0 Å². The first-order valence-corrected chi connectivity index (χ1v) is 6.95. The number of para-hydroxylation sites is 1. The molecule has 1 aromatic carbocycles. The summed E-state index contributed by atoms with van der Waals surface area (Å²) in [5.41, 5.74) is 2.72. The van der Waals surface area contributed by atoms with Gasteiger partial charge in [0, 0.05) is 16.6 Å². The van der Waals surface area contributed by atoms with E-state index in [9.17, 15) is 5.11 Å².